The van der Waals surface area contributed by atoms with E-state index < -0.39 is 0 Å². The van der Waals surface area contributed by atoms with Gasteiger partial charge in [-0.15, -0.1) is 0 Å². The summed E-state index contributed by atoms with van der Waals surface area (Å²) in [6.45, 7) is 0.324. The van der Waals surface area contributed by atoms with Crippen LogP contribution in [0.1, 0.15) is 5.56 Å². The Hall–Kier alpha value is -3.29. The summed E-state index contributed by atoms with van der Waals surface area (Å²) in [4.78, 5) is 30.5. The first-order chi connectivity index (χ1) is 15.5. The van der Waals surface area contributed by atoms with E-state index in [0.29, 0.717) is 39.1 Å². The molecule has 4 rings (SSSR count). The maximum absolute atomic E-state index is 13.2. The fourth-order valence-corrected chi connectivity index (χ4v) is 4.16. The quantitative estimate of drug-likeness (QED) is 0.312. The maximum atomic E-state index is 13.2. The van der Waals surface area contributed by atoms with Crippen LogP contribution in [0.3, 0.4) is 0 Å². The van der Waals surface area contributed by atoms with Crippen LogP contribution in [0, 0.1) is 0 Å². The van der Waals surface area contributed by atoms with E-state index in [1.54, 1.807) is 48.1 Å². The Kier molecular flexibility index (Phi) is 6.78. The molecule has 0 bridgehead atoms. The van der Waals surface area contributed by atoms with Crippen molar-refractivity contribution < 1.29 is 9.53 Å². The number of hydrogen-bond donors (Lipinski definition) is 1. The Morgan fingerprint density at radius 2 is 1.78 bits per heavy atom. The van der Waals surface area contributed by atoms with Crippen molar-refractivity contribution >= 4 is 45.9 Å². The number of para-hydroxylation sites is 3. The van der Waals surface area contributed by atoms with Gasteiger partial charge in [-0.1, -0.05) is 59.8 Å². The van der Waals surface area contributed by atoms with Gasteiger partial charge in [-0.3, -0.25) is 14.2 Å². The number of nitrogens with zero attached hydrogens (tertiary/aromatic N) is 2. The van der Waals surface area contributed by atoms with Crippen LogP contribution >= 0.6 is 23.4 Å². The van der Waals surface area contributed by atoms with E-state index in [4.69, 9.17) is 16.3 Å². The number of benzene rings is 3. The number of anilines is 1. The van der Waals surface area contributed by atoms with E-state index in [1.807, 2.05) is 36.4 Å². The number of thioether (sulfide) groups is 1. The number of carbonyl (C=O) groups excluding carboxylic acids is 1. The number of aromatic nitrogens is 2. The van der Waals surface area contributed by atoms with Gasteiger partial charge in [-0.25, -0.2) is 4.98 Å². The molecule has 0 saturated carbocycles. The molecule has 0 unspecified atom stereocenters. The molecule has 6 nitrogen and oxygen atoms in total. The Balaban J connectivity index is 1.61. The summed E-state index contributed by atoms with van der Waals surface area (Å²) in [7, 11) is 1.55. The van der Waals surface area contributed by atoms with Gasteiger partial charge in [-0.05, 0) is 42.0 Å². The molecule has 0 aliphatic carbocycles. The number of ether oxygens (including phenoxy) is 1. The normalized spacial score (nSPS) is 10.8. The van der Waals surface area contributed by atoms with E-state index in [0.717, 1.165) is 5.56 Å². The molecule has 1 aromatic heterocycles. The lowest BCUT2D eigenvalue weighted by Gasteiger charge is -2.14. The molecular formula is C24H20ClN3O3S. The molecule has 1 amide bonds. The summed E-state index contributed by atoms with van der Waals surface area (Å²) < 4.78 is 6.87. The fourth-order valence-electron chi connectivity index (χ4n) is 3.23. The van der Waals surface area contributed by atoms with Gasteiger partial charge in [0.2, 0.25) is 5.91 Å². The molecule has 0 aliphatic rings. The summed E-state index contributed by atoms with van der Waals surface area (Å²) in [5.74, 6) is 0.443. The standard InChI is InChI=1S/C24H20ClN3O3S/c1-31-21-9-5-4-8-20(21)26-22(29)15-32-24-27-19-7-3-2-6-18(19)23(30)28(24)14-16-10-12-17(25)13-11-16/h2-13H,14-15H2,1H3,(H,26,29). The molecule has 0 fully saturated rings. The van der Waals surface area contributed by atoms with E-state index >= 15 is 0 Å². The van der Waals surface area contributed by atoms with Gasteiger partial charge in [-0.2, -0.15) is 0 Å². The number of fused-ring (bicyclic) bond motifs is 1. The van der Waals surface area contributed by atoms with Crippen molar-refractivity contribution in [2.24, 2.45) is 0 Å². The minimum atomic E-state index is -0.222. The van der Waals surface area contributed by atoms with E-state index in [-0.39, 0.29) is 17.2 Å². The number of nitrogens with one attached hydrogen (secondary N) is 1. The first-order valence-electron chi connectivity index (χ1n) is 9.85. The third kappa shape index (κ3) is 4.95. The lowest BCUT2D eigenvalue weighted by molar-refractivity contribution is -0.113. The van der Waals surface area contributed by atoms with E-state index in [9.17, 15) is 9.59 Å². The molecule has 1 heterocycles. The van der Waals surface area contributed by atoms with Gasteiger partial charge >= 0.3 is 0 Å². The number of rotatable bonds is 7. The van der Waals surface area contributed by atoms with Gasteiger partial charge in [0.25, 0.3) is 5.56 Å². The maximum Gasteiger partial charge on any atom is 0.262 e. The molecular weight excluding hydrogens is 446 g/mol. The second-order valence-corrected chi connectivity index (χ2v) is 8.35. The third-order valence-corrected chi connectivity index (χ3v) is 6.02. The number of methoxy groups -OCH3 is 1. The molecule has 0 saturated heterocycles. The molecule has 0 radical (unpaired) electrons. The van der Waals surface area contributed by atoms with Crippen molar-refractivity contribution in [3.05, 3.63) is 93.7 Å². The van der Waals surface area contributed by atoms with Crippen LogP contribution in [0.5, 0.6) is 5.75 Å². The Bertz CT molecular complexity index is 1320. The van der Waals surface area contributed by atoms with Crippen LogP contribution in [0.15, 0.2) is 82.7 Å². The molecule has 1 N–H and O–H groups in total. The zero-order valence-electron chi connectivity index (χ0n) is 17.2. The van der Waals surface area contributed by atoms with Gasteiger partial charge in [0, 0.05) is 5.02 Å². The van der Waals surface area contributed by atoms with Crippen LogP contribution < -0.4 is 15.6 Å². The van der Waals surface area contributed by atoms with Crippen LogP contribution in [0.25, 0.3) is 10.9 Å². The largest absolute Gasteiger partial charge is 0.495 e. The summed E-state index contributed by atoms with van der Waals surface area (Å²) >= 11 is 7.20. The van der Waals surface area contributed by atoms with Crippen molar-refractivity contribution in [3.8, 4) is 5.75 Å². The van der Waals surface area contributed by atoms with Crippen LogP contribution in [-0.4, -0.2) is 28.3 Å². The summed E-state index contributed by atoms with van der Waals surface area (Å²) in [5, 5.41) is 4.47. The van der Waals surface area contributed by atoms with Gasteiger partial charge in [0.1, 0.15) is 5.75 Å². The van der Waals surface area contributed by atoms with E-state index in [2.05, 4.69) is 10.3 Å². The van der Waals surface area contributed by atoms with Crippen LogP contribution in [-0.2, 0) is 11.3 Å². The summed E-state index contributed by atoms with van der Waals surface area (Å²) in [6.07, 6.45) is 0. The summed E-state index contributed by atoms with van der Waals surface area (Å²) in [6, 6.07) is 21.7. The minimum Gasteiger partial charge on any atom is -0.495 e. The zero-order valence-corrected chi connectivity index (χ0v) is 18.8. The Morgan fingerprint density at radius 3 is 2.56 bits per heavy atom. The number of hydrogen-bond acceptors (Lipinski definition) is 5. The topological polar surface area (TPSA) is 73.2 Å². The molecule has 8 heteroatoms. The molecule has 162 valence electrons. The highest BCUT2D eigenvalue weighted by Crippen LogP contribution is 2.24. The molecule has 0 aliphatic heterocycles. The SMILES string of the molecule is COc1ccccc1NC(=O)CSc1nc2ccccc2c(=O)n1Cc1ccc(Cl)cc1. The average molecular weight is 466 g/mol. The van der Waals surface area contributed by atoms with Crippen molar-refractivity contribution in [1.82, 2.24) is 9.55 Å². The second-order valence-electron chi connectivity index (χ2n) is 6.97. The highest BCUT2D eigenvalue weighted by Gasteiger charge is 2.14. The van der Waals surface area contributed by atoms with Gasteiger partial charge < -0.3 is 10.1 Å². The lowest BCUT2D eigenvalue weighted by Crippen LogP contribution is -2.25. The molecule has 32 heavy (non-hydrogen) atoms. The molecule has 4 aromatic rings. The van der Waals surface area contributed by atoms with Crippen molar-refractivity contribution in [2.75, 3.05) is 18.2 Å². The first-order valence-corrected chi connectivity index (χ1v) is 11.2. The first kappa shape index (κ1) is 21.9. The number of amides is 1. The average Bonchev–Trinajstić information content (AvgIpc) is 2.81. The fraction of sp³-hybridized carbons (Fsp3) is 0.125. The summed E-state index contributed by atoms with van der Waals surface area (Å²) in [5.41, 5.74) is 1.94. The molecule has 0 spiro atoms. The second kappa shape index (κ2) is 9.89. The highest BCUT2D eigenvalue weighted by atomic mass is 35.5. The minimum absolute atomic E-state index is 0.0868. The number of halogens is 1. The Labute approximate surface area is 194 Å². The van der Waals surface area contributed by atoms with Crippen LogP contribution in [0.2, 0.25) is 5.02 Å². The number of carbonyl (C=O) groups is 1. The predicted molar refractivity (Wildman–Crippen MR) is 129 cm³/mol. The zero-order chi connectivity index (χ0) is 22.5. The van der Waals surface area contributed by atoms with Crippen molar-refractivity contribution in [1.29, 1.82) is 0 Å². The highest BCUT2D eigenvalue weighted by molar-refractivity contribution is 7.99. The third-order valence-electron chi connectivity index (χ3n) is 4.79. The monoisotopic (exact) mass is 465 g/mol. The van der Waals surface area contributed by atoms with Crippen LogP contribution in [0.4, 0.5) is 5.69 Å². The van der Waals surface area contributed by atoms with Gasteiger partial charge in [0.15, 0.2) is 5.16 Å². The lowest BCUT2D eigenvalue weighted by atomic mass is 10.2. The van der Waals surface area contributed by atoms with Crippen molar-refractivity contribution in [3.63, 3.8) is 0 Å². The van der Waals surface area contributed by atoms with Gasteiger partial charge in [0.05, 0.1) is 36.0 Å². The smallest absolute Gasteiger partial charge is 0.262 e. The molecule has 0 atom stereocenters. The molecule has 3 aromatic carbocycles. The van der Waals surface area contributed by atoms with Crippen molar-refractivity contribution in [2.45, 2.75) is 11.7 Å². The van der Waals surface area contributed by atoms with E-state index in [1.165, 1.54) is 11.8 Å². The Morgan fingerprint density at radius 1 is 1.06 bits per heavy atom. The predicted octanol–water partition coefficient (Wildman–Crippen LogP) is 4.84.